The van der Waals surface area contributed by atoms with Crippen molar-refractivity contribution < 1.29 is 9.90 Å². The molecule has 0 radical (unpaired) electrons. The van der Waals surface area contributed by atoms with Gasteiger partial charge >= 0.3 is 6.03 Å². The van der Waals surface area contributed by atoms with Gasteiger partial charge in [-0.3, -0.25) is 4.79 Å². The van der Waals surface area contributed by atoms with Crippen LogP contribution in [0.5, 0.6) is 0 Å². The lowest BCUT2D eigenvalue weighted by atomic mass is 10.1. The van der Waals surface area contributed by atoms with Gasteiger partial charge in [-0.15, -0.1) is 0 Å². The summed E-state index contributed by atoms with van der Waals surface area (Å²) in [5.41, 5.74) is 1.27. The average molecular weight is 315 g/mol. The van der Waals surface area contributed by atoms with Crippen LogP contribution >= 0.6 is 0 Å². The minimum atomic E-state index is -0.437. The van der Waals surface area contributed by atoms with Crippen LogP contribution in [0.3, 0.4) is 0 Å². The molecule has 0 saturated carbocycles. The van der Waals surface area contributed by atoms with E-state index in [1.807, 2.05) is 37.3 Å². The summed E-state index contributed by atoms with van der Waals surface area (Å²) in [7, 11) is 1.62. The number of nitrogens with one attached hydrogen (secondary N) is 1. The van der Waals surface area contributed by atoms with Crippen LogP contribution in [0.2, 0.25) is 0 Å². The number of aliphatic hydroxyl groups is 1. The molecule has 0 aliphatic rings. The Morgan fingerprint density at radius 3 is 2.57 bits per heavy atom. The van der Waals surface area contributed by atoms with Crippen molar-refractivity contribution in [2.75, 3.05) is 19.0 Å². The number of likely N-dealkylation sites (N-methyl/N-ethyl adjacent to an activating group) is 1. The first-order chi connectivity index (χ1) is 11.1. The van der Waals surface area contributed by atoms with E-state index in [2.05, 4.69) is 5.32 Å². The van der Waals surface area contributed by atoms with Gasteiger partial charge in [0.25, 0.3) is 5.56 Å². The summed E-state index contributed by atoms with van der Waals surface area (Å²) < 4.78 is 1.51. The van der Waals surface area contributed by atoms with E-state index in [0.717, 1.165) is 5.56 Å². The number of hydrogen-bond donors (Lipinski definition) is 2. The van der Waals surface area contributed by atoms with Crippen LogP contribution < -0.4 is 10.9 Å². The summed E-state index contributed by atoms with van der Waals surface area (Å²) in [5, 5.41) is 12.4. The molecule has 0 aliphatic heterocycles. The van der Waals surface area contributed by atoms with Crippen molar-refractivity contribution in [2.45, 2.75) is 19.5 Å². The van der Waals surface area contributed by atoms with E-state index in [1.54, 1.807) is 19.3 Å². The molecule has 0 spiro atoms. The quantitative estimate of drug-likeness (QED) is 0.887. The molecule has 1 heterocycles. The first kappa shape index (κ1) is 16.8. The predicted molar refractivity (Wildman–Crippen MR) is 89.4 cm³/mol. The zero-order valence-electron chi connectivity index (χ0n) is 13.3. The van der Waals surface area contributed by atoms with Gasteiger partial charge in [0.05, 0.1) is 18.3 Å². The lowest BCUT2D eigenvalue weighted by Gasteiger charge is -2.27. The smallest absolute Gasteiger partial charge is 0.322 e. The average Bonchev–Trinajstić information content (AvgIpc) is 2.58. The van der Waals surface area contributed by atoms with E-state index in [4.69, 9.17) is 0 Å². The van der Waals surface area contributed by atoms with Gasteiger partial charge in [0.2, 0.25) is 0 Å². The van der Waals surface area contributed by atoms with E-state index in [0.29, 0.717) is 12.2 Å². The summed E-state index contributed by atoms with van der Waals surface area (Å²) in [4.78, 5) is 25.4. The van der Waals surface area contributed by atoms with E-state index in [9.17, 15) is 14.7 Å². The third kappa shape index (κ3) is 3.98. The molecule has 2 N–H and O–H groups in total. The highest BCUT2D eigenvalue weighted by molar-refractivity contribution is 5.89. The number of urea groups is 1. The number of aryl methyl sites for hydroxylation is 1. The number of nitrogens with zero attached hydrogens (tertiary/aromatic N) is 2. The lowest BCUT2D eigenvalue weighted by Crippen LogP contribution is -2.36. The minimum Gasteiger partial charge on any atom is -0.394 e. The molecule has 23 heavy (non-hydrogen) atoms. The van der Waals surface area contributed by atoms with Gasteiger partial charge in [0, 0.05) is 25.9 Å². The predicted octanol–water partition coefficient (Wildman–Crippen LogP) is 2.07. The fraction of sp³-hybridized carbons (Fsp3) is 0.294. The maximum atomic E-state index is 12.4. The van der Waals surface area contributed by atoms with E-state index in [1.165, 1.54) is 15.5 Å². The van der Waals surface area contributed by atoms with Crippen LogP contribution in [0.15, 0.2) is 53.5 Å². The monoisotopic (exact) mass is 315 g/mol. The fourth-order valence-electron chi connectivity index (χ4n) is 2.33. The number of amides is 2. The molecule has 6 nitrogen and oxygen atoms in total. The summed E-state index contributed by atoms with van der Waals surface area (Å²) in [5.74, 6) is 0. The summed E-state index contributed by atoms with van der Waals surface area (Å²) in [6.07, 6.45) is 1.60. The Morgan fingerprint density at radius 2 is 1.96 bits per heavy atom. The number of aromatic nitrogens is 1. The Bertz CT molecular complexity index is 713. The number of benzene rings is 1. The summed E-state index contributed by atoms with van der Waals surface area (Å²) >= 11 is 0. The summed E-state index contributed by atoms with van der Waals surface area (Å²) in [6, 6.07) is 11.5. The highest BCUT2D eigenvalue weighted by Crippen LogP contribution is 2.19. The van der Waals surface area contributed by atoms with Crippen molar-refractivity contribution in [3.05, 3.63) is 64.6 Å². The van der Waals surface area contributed by atoms with Gasteiger partial charge in [-0.1, -0.05) is 30.3 Å². The molecule has 0 bridgehead atoms. The Kier molecular flexibility index (Phi) is 5.54. The largest absolute Gasteiger partial charge is 0.394 e. The van der Waals surface area contributed by atoms with Crippen molar-refractivity contribution >= 4 is 11.7 Å². The van der Waals surface area contributed by atoms with Crippen molar-refractivity contribution in [1.29, 1.82) is 0 Å². The standard InChI is InChI=1S/C17H21N3O3/c1-3-20-11-14(9-10-16(20)22)18-17(23)19(2)15(12-21)13-7-5-4-6-8-13/h4-11,15,21H,3,12H2,1-2H3,(H,18,23). The van der Waals surface area contributed by atoms with Crippen LogP contribution in [0, 0.1) is 0 Å². The van der Waals surface area contributed by atoms with Gasteiger partial charge in [-0.05, 0) is 18.6 Å². The highest BCUT2D eigenvalue weighted by atomic mass is 16.3. The third-order valence-corrected chi connectivity index (χ3v) is 3.72. The number of anilines is 1. The van der Waals surface area contributed by atoms with E-state index < -0.39 is 6.04 Å². The van der Waals surface area contributed by atoms with Crippen LogP contribution in [-0.2, 0) is 6.54 Å². The molecule has 0 fully saturated rings. The Balaban J connectivity index is 2.14. The first-order valence-corrected chi connectivity index (χ1v) is 7.47. The van der Waals surface area contributed by atoms with Crippen molar-refractivity contribution in [2.24, 2.45) is 0 Å². The number of hydrogen-bond acceptors (Lipinski definition) is 3. The van der Waals surface area contributed by atoms with Crippen LogP contribution in [0.25, 0.3) is 0 Å². The van der Waals surface area contributed by atoms with Crippen LogP contribution in [-0.4, -0.2) is 34.3 Å². The van der Waals surface area contributed by atoms with Gasteiger partial charge < -0.3 is 19.9 Å². The lowest BCUT2D eigenvalue weighted by molar-refractivity contribution is 0.159. The first-order valence-electron chi connectivity index (χ1n) is 7.47. The zero-order chi connectivity index (χ0) is 16.8. The molecule has 1 aromatic heterocycles. The number of carbonyl (C=O) groups is 1. The van der Waals surface area contributed by atoms with Gasteiger partial charge in [0.1, 0.15) is 0 Å². The Labute approximate surface area is 135 Å². The topological polar surface area (TPSA) is 74.6 Å². The van der Waals surface area contributed by atoms with Crippen molar-refractivity contribution in [1.82, 2.24) is 9.47 Å². The number of rotatable bonds is 5. The highest BCUT2D eigenvalue weighted by Gasteiger charge is 2.21. The van der Waals surface area contributed by atoms with Gasteiger partial charge in [-0.25, -0.2) is 4.79 Å². The molecule has 2 aromatic rings. The molecular formula is C17H21N3O3. The number of pyridine rings is 1. The fourth-order valence-corrected chi connectivity index (χ4v) is 2.33. The molecular weight excluding hydrogens is 294 g/mol. The Hall–Kier alpha value is -2.60. The number of aliphatic hydroxyl groups excluding tert-OH is 1. The van der Waals surface area contributed by atoms with E-state index in [-0.39, 0.29) is 18.2 Å². The SMILES string of the molecule is CCn1cc(NC(=O)N(C)C(CO)c2ccccc2)ccc1=O. The normalized spacial score (nSPS) is 11.8. The molecule has 6 heteroatoms. The molecule has 1 atom stereocenters. The number of carbonyl (C=O) groups excluding carboxylic acids is 1. The van der Waals surface area contributed by atoms with Crippen molar-refractivity contribution in [3.8, 4) is 0 Å². The van der Waals surface area contributed by atoms with Crippen LogP contribution in [0.1, 0.15) is 18.5 Å². The second kappa shape index (κ2) is 7.60. The molecule has 0 saturated heterocycles. The van der Waals surface area contributed by atoms with Gasteiger partial charge in [0.15, 0.2) is 0 Å². The second-order valence-electron chi connectivity index (χ2n) is 5.19. The molecule has 0 aliphatic carbocycles. The van der Waals surface area contributed by atoms with Crippen LogP contribution in [0.4, 0.5) is 10.5 Å². The zero-order valence-corrected chi connectivity index (χ0v) is 13.3. The second-order valence-corrected chi connectivity index (χ2v) is 5.19. The Morgan fingerprint density at radius 1 is 1.26 bits per heavy atom. The van der Waals surface area contributed by atoms with E-state index >= 15 is 0 Å². The summed E-state index contributed by atoms with van der Waals surface area (Å²) in [6.45, 7) is 2.21. The van der Waals surface area contributed by atoms with Crippen molar-refractivity contribution in [3.63, 3.8) is 0 Å². The molecule has 1 aromatic carbocycles. The molecule has 122 valence electrons. The third-order valence-electron chi connectivity index (χ3n) is 3.72. The molecule has 2 amide bonds. The molecule has 2 rings (SSSR count). The van der Waals surface area contributed by atoms with Gasteiger partial charge in [-0.2, -0.15) is 0 Å². The minimum absolute atomic E-state index is 0.114. The molecule has 1 unspecified atom stereocenters. The maximum Gasteiger partial charge on any atom is 0.322 e. The maximum absolute atomic E-state index is 12.4.